The molecule has 4 N–H and O–H groups in total. The number of nitrogens with zero attached hydrogens (tertiary/aromatic N) is 2. The summed E-state index contributed by atoms with van der Waals surface area (Å²) >= 11 is 17.8. The zero-order chi connectivity index (χ0) is 23.9. The van der Waals surface area contributed by atoms with Crippen LogP contribution in [0.4, 0.5) is 5.69 Å². The molecule has 0 bridgehead atoms. The molecule has 1 aromatic rings. The van der Waals surface area contributed by atoms with Crippen LogP contribution < -0.4 is 10.2 Å². The lowest BCUT2D eigenvalue weighted by Gasteiger charge is -2.22. The van der Waals surface area contributed by atoms with E-state index in [1.54, 1.807) is 6.08 Å². The molecule has 1 saturated heterocycles. The Morgan fingerprint density at radius 1 is 1.12 bits per heavy atom. The predicted molar refractivity (Wildman–Crippen MR) is 135 cm³/mol. The first kappa shape index (κ1) is 28.6. The van der Waals surface area contributed by atoms with Gasteiger partial charge in [0.15, 0.2) is 0 Å². The molecule has 1 amide bonds. The Hall–Kier alpha value is -1.40. The van der Waals surface area contributed by atoms with Crippen LogP contribution in [0, 0.1) is 0 Å². The number of anilines is 1. The number of aliphatic hydroxyl groups excluding tert-OH is 2. The normalized spacial score (nSPS) is 14.5. The van der Waals surface area contributed by atoms with Crippen molar-refractivity contribution in [3.05, 3.63) is 34.7 Å². The zero-order valence-corrected chi connectivity index (χ0v) is 20.5. The molecule has 1 aliphatic rings. The van der Waals surface area contributed by atoms with Crippen molar-refractivity contribution in [1.82, 2.24) is 10.2 Å². The fraction of sp³-hybridized carbons (Fsp3) is 0.450. The van der Waals surface area contributed by atoms with E-state index < -0.39 is 12.5 Å². The summed E-state index contributed by atoms with van der Waals surface area (Å²) in [6.07, 6.45) is 1.71. The number of hydrogen-bond donors (Lipinski definition) is 4. The largest absolute Gasteiger partial charge is 0.480 e. The number of thiocarbonyl (C=S) groups is 1. The Balaban J connectivity index is 0.000000633. The monoisotopic (exact) mass is 523 g/mol. The third-order valence-corrected chi connectivity index (χ3v) is 5.72. The van der Waals surface area contributed by atoms with Gasteiger partial charge in [-0.1, -0.05) is 36.1 Å². The number of halogens is 2. The lowest BCUT2D eigenvalue weighted by molar-refractivity contribution is -0.140. The van der Waals surface area contributed by atoms with Crippen molar-refractivity contribution in [3.8, 4) is 0 Å². The van der Waals surface area contributed by atoms with Crippen LogP contribution in [0.5, 0.6) is 0 Å². The number of aliphatic hydroxyl groups is 2. The highest BCUT2D eigenvalue weighted by molar-refractivity contribution is 8.26. The van der Waals surface area contributed by atoms with Gasteiger partial charge >= 0.3 is 5.97 Å². The van der Waals surface area contributed by atoms with E-state index in [9.17, 15) is 9.59 Å². The van der Waals surface area contributed by atoms with Crippen molar-refractivity contribution >= 4 is 75.1 Å². The van der Waals surface area contributed by atoms with E-state index in [-0.39, 0.29) is 23.4 Å². The van der Waals surface area contributed by atoms with Crippen LogP contribution in [0.15, 0.2) is 29.2 Å². The molecule has 0 unspecified atom stereocenters. The topological polar surface area (TPSA) is 113 Å². The predicted octanol–water partition coefficient (Wildman–Crippen LogP) is 1.82. The summed E-state index contributed by atoms with van der Waals surface area (Å²) in [6.45, 7) is 2.39. The first-order chi connectivity index (χ1) is 15.4. The second kappa shape index (κ2) is 16.2. The molecule has 0 saturated carbocycles. The van der Waals surface area contributed by atoms with Gasteiger partial charge in [0, 0.05) is 43.6 Å². The van der Waals surface area contributed by atoms with E-state index in [1.165, 1.54) is 0 Å². The number of benzene rings is 1. The first-order valence-corrected chi connectivity index (χ1v) is 12.0. The minimum atomic E-state index is -1.10. The second-order valence-corrected chi connectivity index (χ2v) is 8.75. The van der Waals surface area contributed by atoms with Crippen LogP contribution >= 0.6 is 47.2 Å². The number of nitrogens with one attached hydrogen (secondary N) is 1. The van der Waals surface area contributed by atoms with E-state index in [0.29, 0.717) is 42.8 Å². The standard InChI is InChI=1S/C16H16Cl2N2O3S2.C4H11NO2/c17-5-7-19(8-6-18)12-3-1-11(2-4-12)9-13-15(23)20(10-14(21)22)16(24)25-13;6-3-1-5-2-4-7/h1-4,9H,5-8,10H2,(H,21,22);5-7H,1-4H2/b13-9-;. The Morgan fingerprint density at radius 3 is 2.16 bits per heavy atom. The molecule has 0 spiro atoms. The van der Waals surface area contributed by atoms with Crippen LogP contribution in [0.2, 0.25) is 0 Å². The van der Waals surface area contributed by atoms with Crippen molar-refractivity contribution in [2.75, 3.05) is 62.6 Å². The van der Waals surface area contributed by atoms with E-state index in [1.807, 2.05) is 24.3 Å². The molecule has 1 aliphatic heterocycles. The average molecular weight is 524 g/mol. The maximum absolute atomic E-state index is 12.2. The second-order valence-electron chi connectivity index (χ2n) is 6.32. The summed E-state index contributed by atoms with van der Waals surface area (Å²) in [6, 6.07) is 7.63. The van der Waals surface area contributed by atoms with Gasteiger partial charge in [-0.25, -0.2) is 0 Å². The Labute approximate surface area is 207 Å². The van der Waals surface area contributed by atoms with Crippen LogP contribution in [0.25, 0.3) is 6.08 Å². The molecular weight excluding hydrogens is 497 g/mol. The van der Waals surface area contributed by atoms with Gasteiger partial charge in [-0.05, 0) is 23.8 Å². The number of carbonyl (C=O) groups excluding carboxylic acids is 1. The van der Waals surface area contributed by atoms with Gasteiger partial charge in [0.05, 0.1) is 18.1 Å². The maximum Gasteiger partial charge on any atom is 0.323 e. The SMILES string of the molecule is O=C(O)CN1C(=O)/C(=C/c2ccc(N(CCCl)CCCl)cc2)SC1=S.OCCNCCO. The summed E-state index contributed by atoms with van der Waals surface area (Å²) in [5.41, 5.74) is 1.83. The van der Waals surface area contributed by atoms with Crippen LogP contribution in [-0.2, 0) is 9.59 Å². The number of rotatable bonds is 12. The van der Waals surface area contributed by atoms with Gasteiger partial charge in [-0.15, -0.1) is 23.2 Å². The van der Waals surface area contributed by atoms with Crippen LogP contribution in [0.1, 0.15) is 5.56 Å². The fourth-order valence-corrected chi connectivity index (χ4v) is 4.22. The summed E-state index contributed by atoms with van der Waals surface area (Å²) in [4.78, 5) is 26.6. The number of carboxylic acids is 1. The van der Waals surface area contributed by atoms with E-state index in [4.69, 9.17) is 50.7 Å². The number of carbonyl (C=O) groups is 2. The molecule has 1 heterocycles. The highest BCUT2D eigenvalue weighted by Crippen LogP contribution is 2.32. The molecule has 1 aromatic carbocycles. The molecule has 0 radical (unpaired) electrons. The van der Waals surface area contributed by atoms with Gasteiger partial charge in [0.25, 0.3) is 5.91 Å². The van der Waals surface area contributed by atoms with Crippen molar-refractivity contribution in [3.63, 3.8) is 0 Å². The molecule has 0 aromatic heterocycles. The van der Waals surface area contributed by atoms with Gasteiger partial charge in [-0.2, -0.15) is 0 Å². The molecule has 1 fully saturated rings. The van der Waals surface area contributed by atoms with Crippen LogP contribution in [0.3, 0.4) is 0 Å². The van der Waals surface area contributed by atoms with Gasteiger partial charge in [0.2, 0.25) is 0 Å². The molecule has 32 heavy (non-hydrogen) atoms. The number of aliphatic carboxylic acids is 1. The first-order valence-electron chi connectivity index (χ1n) is 9.74. The Morgan fingerprint density at radius 2 is 1.69 bits per heavy atom. The van der Waals surface area contributed by atoms with E-state index in [0.717, 1.165) is 27.9 Å². The minimum absolute atomic E-state index is 0.139. The van der Waals surface area contributed by atoms with Crippen molar-refractivity contribution < 1.29 is 24.9 Å². The Bertz CT molecular complexity index is 771. The average Bonchev–Trinajstić information content (AvgIpc) is 3.02. The quantitative estimate of drug-likeness (QED) is 0.141. The molecule has 0 aliphatic carbocycles. The van der Waals surface area contributed by atoms with Crippen molar-refractivity contribution in [2.45, 2.75) is 0 Å². The van der Waals surface area contributed by atoms with Gasteiger partial charge in [-0.3, -0.25) is 14.5 Å². The lowest BCUT2D eigenvalue weighted by atomic mass is 10.1. The molecular formula is C20H27Cl2N3O5S2. The smallest absolute Gasteiger partial charge is 0.323 e. The zero-order valence-electron chi connectivity index (χ0n) is 17.4. The summed E-state index contributed by atoms with van der Waals surface area (Å²) in [5.74, 6) is -0.469. The third kappa shape index (κ3) is 10.0. The highest BCUT2D eigenvalue weighted by Gasteiger charge is 2.33. The summed E-state index contributed by atoms with van der Waals surface area (Å²) in [5, 5.41) is 27.9. The fourth-order valence-electron chi connectivity index (χ4n) is 2.56. The van der Waals surface area contributed by atoms with Gasteiger partial charge < -0.3 is 25.5 Å². The van der Waals surface area contributed by atoms with Crippen molar-refractivity contribution in [2.24, 2.45) is 0 Å². The number of alkyl halides is 2. The van der Waals surface area contributed by atoms with E-state index >= 15 is 0 Å². The highest BCUT2D eigenvalue weighted by atomic mass is 35.5. The number of hydrogen-bond acceptors (Lipinski definition) is 8. The molecule has 2 rings (SSSR count). The molecule has 178 valence electrons. The molecule has 12 heteroatoms. The number of carboxylic acid groups (broad SMARTS) is 1. The number of thioether (sulfide) groups is 1. The minimum Gasteiger partial charge on any atom is -0.480 e. The lowest BCUT2D eigenvalue weighted by Crippen LogP contribution is -2.33. The summed E-state index contributed by atoms with van der Waals surface area (Å²) in [7, 11) is 0. The van der Waals surface area contributed by atoms with Crippen molar-refractivity contribution in [1.29, 1.82) is 0 Å². The van der Waals surface area contributed by atoms with E-state index in [2.05, 4.69) is 10.2 Å². The molecule has 0 atom stereocenters. The third-order valence-electron chi connectivity index (χ3n) is 4.01. The van der Waals surface area contributed by atoms with Crippen LogP contribution in [-0.4, -0.2) is 94.1 Å². The number of amides is 1. The molecule has 8 nitrogen and oxygen atoms in total. The Kier molecular flexibility index (Phi) is 14.5. The van der Waals surface area contributed by atoms with Gasteiger partial charge in [0.1, 0.15) is 10.9 Å². The summed E-state index contributed by atoms with van der Waals surface area (Å²) < 4.78 is 0.255. The maximum atomic E-state index is 12.2.